The van der Waals surface area contributed by atoms with Gasteiger partial charge in [0.05, 0.1) is 36.0 Å². The number of fused-ring (bicyclic) bond motifs is 1. The lowest BCUT2D eigenvalue weighted by Crippen LogP contribution is -2.64. The first-order valence-corrected chi connectivity index (χ1v) is 14.2. The topological polar surface area (TPSA) is 102 Å². The molecule has 1 amide bonds. The predicted octanol–water partition coefficient (Wildman–Crippen LogP) is 4.38. The molecule has 2 aromatic rings. The molecule has 0 spiro atoms. The number of aromatic nitrogens is 2. The van der Waals surface area contributed by atoms with Gasteiger partial charge in [-0.15, -0.1) is 0 Å². The minimum absolute atomic E-state index is 0.118. The van der Waals surface area contributed by atoms with Crippen molar-refractivity contribution >= 4 is 23.4 Å². The second kappa shape index (κ2) is 9.73. The highest BCUT2D eigenvalue weighted by atomic mass is 16.5. The van der Waals surface area contributed by atoms with Crippen LogP contribution in [0.3, 0.4) is 0 Å². The van der Waals surface area contributed by atoms with Crippen molar-refractivity contribution in [3.05, 3.63) is 57.9 Å². The van der Waals surface area contributed by atoms with Gasteiger partial charge in [0.15, 0.2) is 0 Å². The number of hydrogen-bond acceptors (Lipinski definition) is 5. The number of allylic oxidation sites excluding steroid dienone is 2. The Hall–Kier alpha value is -3.26. The van der Waals surface area contributed by atoms with E-state index in [-0.39, 0.29) is 29.3 Å². The Labute approximate surface area is 229 Å². The predicted molar refractivity (Wildman–Crippen MR) is 146 cm³/mol. The Morgan fingerprint density at radius 2 is 1.82 bits per heavy atom. The lowest BCUT2D eigenvalue weighted by molar-refractivity contribution is -0.162. The van der Waals surface area contributed by atoms with Gasteiger partial charge in [-0.05, 0) is 81.4 Å². The average molecular weight is 532 g/mol. The number of likely N-dealkylation sites (tertiary alicyclic amines) is 1. The summed E-state index contributed by atoms with van der Waals surface area (Å²) in [5, 5.41) is 14.4. The van der Waals surface area contributed by atoms with E-state index in [2.05, 4.69) is 6.07 Å². The molecular weight excluding hydrogens is 494 g/mol. The summed E-state index contributed by atoms with van der Waals surface area (Å²) in [6.45, 7) is 5.17. The molecule has 1 saturated carbocycles. The van der Waals surface area contributed by atoms with Gasteiger partial charge < -0.3 is 14.7 Å². The zero-order valence-corrected chi connectivity index (χ0v) is 23.0. The summed E-state index contributed by atoms with van der Waals surface area (Å²) >= 11 is 0. The summed E-state index contributed by atoms with van der Waals surface area (Å²) in [5.41, 5.74) is 6.18. The zero-order chi connectivity index (χ0) is 27.5. The molecule has 3 aliphatic carbocycles. The first kappa shape index (κ1) is 26.0. The number of benzene rings is 1. The van der Waals surface area contributed by atoms with Crippen LogP contribution in [-0.2, 0) is 27.2 Å². The van der Waals surface area contributed by atoms with E-state index in [4.69, 9.17) is 9.84 Å². The van der Waals surface area contributed by atoms with Crippen molar-refractivity contribution in [1.82, 2.24) is 14.7 Å². The van der Waals surface area contributed by atoms with E-state index in [0.717, 1.165) is 52.1 Å². The molecule has 0 bridgehead atoms. The van der Waals surface area contributed by atoms with E-state index in [1.807, 2.05) is 37.0 Å². The van der Waals surface area contributed by atoms with Crippen LogP contribution in [0, 0.1) is 18.8 Å². The Balaban J connectivity index is 1.36. The molecule has 2 atom stereocenters. The first-order valence-electron chi connectivity index (χ1n) is 14.2. The second-order valence-electron chi connectivity index (χ2n) is 12.1. The molecule has 206 valence electrons. The third-order valence-electron chi connectivity index (χ3n) is 9.27. The maximum atomic E-state index is 14.2. The van der Waals surface area contributed by atoms with Crippen LogP contribution in [0.5, 0.6) is 0 Å². The molecule has 6 rings (SSSR count). The van der Waals surface area contributed by atoms with Gasteiger partial charge in [-0.2, -0.15) is 9.78 Å². The Morgan fingerprint density at radius 1 is 1.08 bits per heavy atom. The number of carbonyl (C=O) groups excluding carboxylic acids is 2. The van der Waals surface area contributed by atoms with Crippen LogP contribution in [-0.4, -0.2) is 63.4 Å². The minimum atomic E-state index is -0.767. The lowest BCUT2D eigenvalue weighted by Gasteiger charge is -2.48. The summed E-state index contributed by atoms with van der Waals surface area (Å²) in [6, 6.07) is 6.06. The van der Waals surface area contributed by atoms with Crippen LogP contribution in [0.4, 0.5) is 0 Å². The number of aliphatic carboxylic acids is 1. The average Bonchev–Trinajstić information content (AvgIpc) is 3.70. The first-order chi connectivity index (χ1) is 18.7. The largest absolute Gasteiger partial charge is 0.481 e. The summed E-state index contributed by atoms with van der Waals surface area (Å²) < 4.78 is 7.12. The molecule has 2 unspecified atom stereocenters. The second-order valence-corrected chi connectivity index (χ2v) is 12.1. The highest BCUT2D eigenvalue weighted by molar-refractivity contribution is 5.99. The van der Waals surface area contributed by atoms with Crippen LogP contribution < -0.4 is 0 Å². The number of carboxylic acid groups (broad SMARTS) is 1. The normalized spacial score (nSPS) is 24.0. The third kappa shape index (κ3) is 4.62. The van der Waals surface area contributed by atoms with E-state index >= 15 is 0 Å². The smallest absolute Gasteiger partial charge is 0.306 e. The summed E-state index contributed by atoms with van der Waals surface area (Å²) in [6.07, 6.45) is 7.70. The molecule has 8 heteroatoms. The lowest BCUT2D eigenvalue weighted by atomic mass is 9.81. The SMILES string of the molecule is COC1(C)CN(C(=O)C2CCc3c(C4=CCC(C(=O)O)CC4)nn(C(=O)c4c(C)cccc4C4CC4)c3C2)C1. The molecule has 1 saturated heterocycles. The zero-order valence-electron chi connectivity index (χ0n) is 23.0. The monoisotopic (exact) mass is 531 g/mol. The Morgan fingerprint density at radius 3 is 2.46 bits per heavy atom. The molecule has 4 aliphatic rings. The number of methoxy groups -OCH3 is 1. The number of amides is 1. The molecule has 1 aromatic heterocycles. The number of nitrogens with zero attached hydrogens (tertiary/aromatic N) is 3. The fraction of sp³-hybridized carbons (Fsp3) is 0.548. The molecule has 1 N–H and O–H groups in total. The van der Waals surface area contributed by atoms with Crippen molar-refractivity contribution < 1.29 is 24.2 Å². The van der Waals surface area contributed by atoms with Gasteiger partial charge in [-0.3, -0.25) is 14.4 Å². The van der Waals surface area contributed by atoms with Gasteiger partial charge in [0, 0.05) is 30.6 Å². The maximum Gasteiger partial charge on any atom is 0.306 e. The van der Waals surface area contributed by atoms with E-state index in [9.17, 15) is 19.5 Å². The molecule has 1 aliphatic heterocycles. The summed E-state index contributed by atoms with van der Waals surface area (Å²) in [5.74, 6) is -0.935. The number of ether oxygens (including phenoxy) is 1. The molecular formula is C31H37N3O5. The third-order valence-corrected chi connectivity index (χ3v) is 9.27. The molecule has 1 aromatic carbocycles. The Bertz CT molecular complexity index is 1380. The Kier molecular flexibility index (Phi) is 6.49. The molecule has 8 nitrogen and oxygen atoms in total. The van der Waals surface area contributed by atoms with Crippen LogP contribution >= 0.6 is 0 Å². The van der Waals surface area contributed by atoms with Crippen LogP contribution in [0.15, 0.2) is 24.3 Å². The van der Waals surface area contributed by atoms with E-state index in [1.165, 1.54) is 0 Å². The summed E-state index contributed by atoms with van der Waals surface area (Å²) in [7, 11) is 1.68. The van der Waals surface area contributed by atoms with Crippen LogP contribution in [0.1, 0.15) is 89.8 Å². The number of carbonyl (C=O) groups is 3. The van der Waals surface area contributed by atoms with Gasteiger partial charge in [-0.25, -0.2) is 0 Å². The van der Waals surface area contributed by atoms with Crippen LogP contribution in [0.2, 0.25) is 0 Å². The summed E-state index contributed by atoms with van der Waals surface area (Å²) in [4.78, 5) is 41.0. The van der Waals surface area contributed by atoms with Crippen molar-refractivity contribution in [3.63, 3.8) is 0 Å². The van der Waals surface area contributed by atoms with Gasteiger partial charge in [0.25, 0.3) is 5.91 Å². The minimum Gasteiger partial charge on any atom is -0.481 e. The van der Waals surface area contributed by atoms with Crippen LogP contribution in [0.25, 0.3) is 5.57 Å². The molecule has 2 fully saturated rings. The van der Waals surface area contributed by atoms with Gasteiger partial charge >= 0.3 is 5.97 Å². The van der Waals surface area contributed by atoms with Crippen molar-refractivity contribution in [3.8, 4) is 0 Å². The number of carboxylic acids is 1. The van der Waals surface area contributed by atoms with E-state index < -0.39 is 5.97 Å². The highest BCUT2D eigenvalue weighted by Crippen LogP contribution is 2.43. The van der Waals surface area contributed by atoms with Crippen molar-refractivity contribution in [1.29, 1.82) is 0 Å². The number of rotatable bonds is 6. The molecule has 39 heavy (non-hydrogen) atoms. The fourth-order valence-electron chi connectivity index (χ4n) is 6.65. The van der Waals surface area contributed by atoms with E-state index in [0.29, 0.717) is 57.5 Å². The van der Waals surface area contributed by atoms with Crippen molar-refractivity contribution in [2.75, 3.05) is 20.2 Å². The van der Waals surface area contributed by atoms with Crippen molar-refractivity contribution in [2.45, 2.75) is 76.7 Å². The maximum absolute atomic E-state index is 14.2. The van der Waals surface area contributed by atoms with Gasteiger partial charge in [0.1, 0.15) is 0 Å². The molecule has 2 heterocycles. The standard InChI is InChI=1S/C31H37N3O5/c1-18-5-4-6-23(19-7-8-19)26(18)29(36)34-25-15-22(28(35)33-16-31(2,17-33)39-3)13-14-24(25)27(32-34)20-9-11-21(12-10-20)30(37)38/h4-6,9,19,21-22H,7-8,10-17H2,1-3H3,(H,37,38). The van der Waals surface area contributed by atoms with Gasteiger partial charge in [0.2, 0.25) is 5.91 Å². The quantitative estimate of drug-likeness (QED) is 0.594. The molecule has 0 radical (unpaired) electrons. The number of hydrogen-bond donors (Lipinski definition) is 1. The number of aryl methyl sites for hydroxylation is 1. The van der Waals surface area contributed by atoms with E-state index in [1.54, 1.807) is 11.8 Å². The van der Waals surface area contributed by atoms with Crippen molar-refractivity contribution in [2.24, 2.45) is 11.8 Å². The highest BCUT2D eigenvalue weighted by Gasteiger charge is 2.44. The van der Waals surface area contributed by atoms with Gasteiger partial charge in [-0.1, -0.05) is 24.3 Å². The fourth-order valence-corrected chi connectivity index (χ4v) is 6.65.